The van der Waals surface area contributed by atoms with Crippen LogP contribution in [0.5, 0.6) is 0 Å². The molecule has 2 rings (SSSR count). The monoisotopic (exact) mass is 208 g/mol. The Morgan fingerprint density at radius 3 is 2.87 bits per heavy atom. The van der Waals surface area contributed by atoms with Crippen molar-refractivity contribution in [3.63, 3.8) is 0 Å². The second kappa shape index (κ2) is 4.44. The maximum absolute atomic E-state index is 5.66. The summed E-state index contributed by atoms with van der Waals surface area (Å²) in [6, 6.07) is 1.78. The lowest BCUT2D eigenvalue weighted by atomic mass is 10.0. The molecule has 0 aromatic carbocycles. The summed E-state index contributed by atoms with van der Waals surface area (Å²) in [4.78, 5) is 0. The van der Waals surface area contributed by atoms with Gasteiger partial charge in [0, 0.05) is 13.0 Å². The molecular weight excluding hydrogens is 192 g/mol. The first-order valence-electron chi connectivity index (χ1n) is 5.25. The molecule has 1 aliphatic heterocycles. The van der Waals surface area contributed by atoms with Crippen molar-refractivity contribution in [1.29, 1.82) is 0 Å². The first kappa shape index (κ1) is 10.2. The van der Waals surface area contributed by atoms with Gasteiger partial charge in [-0.1, -0.05) is 0 Å². The molecule has 0 bridgehead atoms. The van der Waals surface area contributed by atoms with Crippen LogP contribution in [0, 0.1) is 0 Å². The van der Waals surface area contributed by atoms with Gasteiger partial charge in [-0.15, -0.1) is 5.10 Å². The molecule has 5 heteroatoms. The fraction of sp³-hybridized carbons (Fsp3) is 0.600. The van der Waals surface area contributed by atoms with Crippen molar-refractivity contribution in [3.8, 4) is 0 Å². The molecule has 82 valence electrons. The molecule has 1 aromatic rings. The second-order valence-corrected chi connectivity index (χ2v) is 3.87. The minimum absolute atomic E-state index is 0.260. The van der Waals surface area contributed by atoms with Crippen LogP contribution in [0.15, 0.2) is 6.07 Å². The number of aromatic nitrogens is 2. The lowest BCUT2D eigenvalue weighted by Gasteiger charge is -2.21. The van der Waals surface area contributed by atoms with Crippen molar-refractivity contribution >= 4 is 11.5 Å². The Balaban J connectivity index is 2.00. The van der Waals surface area contributed by atoms with E-state index in [1.807, 2.05) is 0 Å². The molecule has 0 saturated carbocycles. The van der Waals surface area contributed by atoms with Gasteiger partial charge < -0.3 is 16.2 Å². The van der Waals surface area contributed by atoms with E-state index in [2.05, 4.69) is 10.2 Å². The third-order valence-electron chi connectivity index (χ3n) is 2.61. The van der Waals surface area contributed by atoms with Crippen molar-refractivity contribution in [2.75, 3.05) is 18.1 Å². The highest BCUT2D eigenvalue weighted by atomic mass is 16.5. The third-order valence-corrected chi connectivity index (χ3v) is 2.61. The van der Waals surface area contributed by atoms with Gasteiger partial charge in [0.25, 0.3) is 0 Å². The van der Waals surface area contributed by atoms with Gasteiger partial charge in [-0.25, -0.2) is 0 Å². The Bertz CT molecular complexity index is 336. The van der Waals surface area contributed by atoms with Crippen molar-refractivity contribution < 1.29 is 4.74 Å². The molecule has 1 fully saturated rings. The average molecular weight is 208 g/mol. The van der Waals surface area contributed by atoms with Gasteiger partial charge in [0.1, 0.15) is 0 Å². The highest BCUT2D eigenvalue weighted by Crippen LogP contribution is 2.18. The quantitative estimate of drug-likeness (QED) is 0.749. The van der Waals surface area contributed by atoms with Gasteiger partial charge in [0.2, 0.25) is 0 Å². The summed E-state index contributed by atoms with van der Waals surface area (Å²) in [5.74, 6) is 0.295. The highest BCUT2D eigenvalue weighted by molar-refractivity contribution is 5.57. The summed E-state index contributed by atoms with van der Waals surface area (Å²) in [5, 5.41) is 7.79. The molecule has 5 nitrogen and oxygen atoms in total. The molecule has 0 aliphatic carbocycles. The Morgan fingerprint density at radius 1 is 1.33 bits per heavy atom. The van der Waals surface area contributed by atoms with Gasteiger partial charge in [-0.3, -0.25) is 0 Å². The van der Waals surface area contributed by atoms with Crippen molar-refractivity contribution in [1.82, 2.24) is 10.2 Å². The van der Waals surface area contributed by atoms with E-state index in [1.165, 1.54) is 6.42 Å². The maximum Gasteiger partial charge on any atom is 0.169 e. The summed E-state index contributed by atoms with van der Waals surface area (Å²) in [6.45, 7) is 0.850. The number of nitrogens with two attached hydrogens (primary N) is 2. The van der Waals surface area contributed by atoms with E-state index < -0.39 is 0 Å². The minimum atomic E-state index is 0.260. The Hall–Kier alpha value is -1.36. The van der Waals surface area contributed by atoms with Crippen molar-refractivity contribution in [2.24, 2.45) is 0 Å². The number of hydrogen-bond donors (Lipinski definition) is 2. The Labute approximate surface area is 88.8 Å². The first-order valence-corrected chi connectivity index (χ1v) is 5.25. The lowest BCUT2D eigenvalue weighted by molar-refractivity contribution is 0.0161. The summed E-state index contributed by atoms with van der Waals surface area (Å²) in [6.07, 6.45) is 4.51. The summed E-state index contributed by atoms with van der Waals surface area (Å²) < 4.78 is 5.61. The molecule has 1 saturated heterocycles. The predicted molar refractivity (Wildman–Crippen MR) is 58.2 cm³/mol. The van der Waals surface area contributed by atoms with Crippen LogP contribution in [0.2, 0.25) is 0 Å². The maximum atomic E-state index is 5.66. The Kier molecular flexibility index (Phi) is 3.01. The molecule has 0 spiro atoms. The summed E-state index contributed by atoms with van der Waals surface area (Å²) in [7, 11) is 0. The fourth-order valence-corrected chi connectivity index (χ4v) is 1.76. The number of hydrogen-bond acceptors (Lipinski definition) is 5. The lowest BCUT2D eigenvalue weighted by Crippen LogP contribution is -2.22. The van der Waals surface area contributed by atoms with Crippen LogP contribution in [0.4, 0.5) is 11.5 Å². The molecule has 4 N–H and O–H groups in total. The van der Waals surface area contributed by atoms with Crippen LogP contribution in [0.1, 0.15) is 25.0 Å². The molecule has 15 heavy (non-hydrogen) atoms. The van der Waals surface area contributed by atoms with Crippen LogP contribution < -0.4 is 11.5 Å². The Morgan fingerprint density at radius 2 is 2.20 bits per heavy atom. The number of ether oxygens (including phenoxy) is 1. The van der Waals surface area contributed by atoms with Crippen LogP contribution in [0.25, 0.3) is 0 Å². The number of anilines is 2. The molecule has 0 amide bonds. The summed E-state index contributed by atoms with van der Waals surface area (Å²) >= 11 is 0. The molecule has 1 unspecified atom stereocenters. The molecular formula is C10H16N4O. The summed E-state index contributed by atoms with van der Waals surface area (Å²) in [5.41, 5.74) is 12.5. The van der Waals surface area contributed by atoms with Crippen LogP contribution in [-0.4, -0.2) is 22.9 Å². The number of nitrogens with zero attached hydrogens (tertiary/aromatic N) is 2. The zero-order valence-electron chi connectivity index (χ0n) is 8.65. The molecule has 2 heterocycles. The average Bonchev–Trinajstić information content (AvgIpc) is 2.25. The smallest absolute Gasteiger partial charge is 0.169 e. The van der Waals surface area contributed by atoms with Gasteiger partial charge in [0.05, 0.1) is 17.5 Å². The second-order valence-electron chi connectivity index (χ2n) is 3.87. The largest absolute Gasteiger partial charge is 0.396 e. The van der Waals surface area contributed by atoms with Crippen LogP contribution in [-0.2, 0) is 11.2 Å². The zero-order chi connectivity index (χ0) is 10.7. The normalized spacial score (nSPS) is 21.5. The van der Waals surface area contributed by atoms with E-state index >= 15 is 0 Å². The molecule has 1 atom stereocenters. The molecule has 1 aromatic heterocycles. The third kappa shape index (κ3) is 2.56. The van der Waals surface area contributed by atoms with E-state index in [1.54, 1.807) is 6.07 Å². The first-order chi connectivity index (χ1) is 7.25. The standard InChI is InChI=1S/C10H16N4O/c11-9-6-7(13-14-10(9)12)5-8-3-1-2-4-15-8/h6,8H,1-5H2,(H2,11,13)(H2,12,14). The van der Waals surface area contributed by atoms with E-state index in [0.717, 1.165) is 31.6 Å². The molecule has 1 aliphatic rings. The fourth-order valence-electron chi connectivity index (χ4n) is 1.76. The topological polar surface area (TPSA) is 87.0 Å². The van der Waals surface area contributed by atoms with Gasteiger partial charge in [-0.2, -0.15) is 5.10 Å². The predicted octanol–water partition coefficient (Wildman–Crippen LogP) is 0.753. The van der Waals surface area contributed by atoms with Crippen molar-refractivity contribution in [3.05, 3.63) is 11.8 Å². The highest BCUT2D eigenvalue weighted by Gasteiger charge is 2.15. The van der Waals surface area contributed by atoms with Gasteiger partial charge >= 0.3 is 0 Å². The van der Waals surface area contributed by atoms with E-state index in [-0.39, 0.29) is 6.10 Å². The SMILES string of the molecule is Nc1cc(CC2CCCCO2)nnc1N. The van der Waals surface area contributed by atoms with Crippen molar-refractivity contribution in [2.45, 2.75) is 31.8 Å². The number of nitrogen functional groups attached to an aromatic ring is 2. The van der Waals surface area contributed by atoms with Gasteiger partial charge in [0.15, 0.2) is 5.82 Å². The van der Waals surface area contributed by atoms with E-state index in [4.69, 9.17) is 16.2 Å². The molecule has 0 radical (unpaired) electrons. The van der Waals surface area contributed by atoms with E-state index in [9.17, 15) is 0 Å². The van der Waals surface area contributed by atoms with Crippen LogP contribution in [0.3, 0.4) is 0 Å². The van der Waals surface area contributed by atoms with E-state index in [0.29, 0.717) is 11.5 Å². The number of rotatable bonds is 2. The van der Waals surface area contributed by atoms with Crippen LogP contribution >= 0.6 is 0 Å². The zero-order valence-corrected chi connectivity index (χ0v) is 8.65. The minimum Gasteiger partial charge on any atom is -0.396 e. The van der Waals surface area contributed by atoms with Gasteiger partial charge in [-0.05, 0) is 25.3 Å².